The highest BCUT2D eigenvalue weighted by atomic mass is 32.1. The van der Waals surface area contributed by atoms with Gasteiger partial charge in [-0.25, -0.2) is 9.97 Å². The van der Waals surface area contributed by atoms with Crippen molar-refractivity contribution in [3.63, 3.8) is 0 Å². The highest BCUT2D eigenvalue weighted by Gasteiger charge is 2.17. The molecule has 0 saturated carbocycles. The number of fused-ring (bicyclic) bond motifs is 1. The lowest BCUT2D eigenvalue weighted by Crippen LogP contribution is -2.10. The van der Waals surface area contributed by atoms with Crippen LogP contribution in [0.1, 0.15) is 29.9 Å². The summed E-state index contributed by atoms with van der Waals surface area (Å²) in [6, 6.07) is 2.21. The fraction of sp³-hybridized carbons (Fsp3) is 0.357. The zero-order valence-corrected chi connectivity index (χ0v) is 12.8. The van der Waals surface area contributed by atoms with Gasteiger partial charge in [-0.2, -0.15) is 5.10 Å². The average Bonchev–Trinajstić information content (AvgIpc) is 2.96. The van der Waals surface area contributed by atoms with Gasteiger partial charge in [-0.1, -0.05) is 0 Å². The Kier molecular flexibility index (Phi) is 3.17. The van der Waals surface area contributed by atoms with E-state index in [1.54, 1.807) is 17.7 Å². The lowest BCUT2D eigenvalue weighted by molar-refractivity contribution is 0.728. The molecule has 1 atom stereocenters. The number of thiophene rings is 1. The Bertz CT molecular complexity index is 758. The minimum Gasteiger partial charge on any atom is -0.363 e. The smallest absolute Gasteiger partial charge is 0.138 e. The van der Waals surface area contributed by atoms with Gasteiger partial charge in [0, 0.05) is 18.3 Å². The Morgan fingerprint density at radius 3 is 2.80 bits per heavy atom. The Labute approximate surface area is 121 Å². The molecule has 5 nitrogen and oxygen atoms in total. The largest absolute Gasteiger partial charge is 0.363 e. The molecule has 6 heteroatoms. The van der Waals surface area contributed by atoms with Crippen LogP contribution in [0, 0.1) is 13.8 Å². The first-order valence-electron chi connectivity index (χ1n) is 6.52. The molecule has 0 aliphatic carbocycles. The van der Waals surface area contributed by atoms with Crippen LogP contribution in [-0.2, 0) is 7.05 Å². The number of nitrogens with zero attached hydrogens (tertiary/aromatic N) is 4. The fourth-order valence-corrected chi connectivity index (χ4v) is 3.33. The molecule has 0 saturated heterocycles. The summed E-state index contributed by atoms with van der Waals surface area (Å²) in [6.07, 6.45) is 1.61. The number of anilines is 1. The van der Waals surface area contributed by atoms with E-state index in [4.69, 9.17) is 0 Å². The highest BCUT2D eigenvalue weighted by molar-refractivity contribution is 7.16. The average molecular weight is 287 g/mol. The van der Waals surface area contributed by atoms with Gasteiger partial charge in [0.05, 0.1) is 17.1 Å². The van der Waals surface area contributed by atoms with Crippen molar-refractivity contribution in [2.24, 2.45) is 7.05 Å². The molecule has 1 N–H and O–H groups in total. The molecule has 0 aliphatic rings. The van der Waals surface area contributed by atoms with E-state index in [1.807, 2.05) is 24.0 Å². The van der Waals surface area contributed by atoms with E-state index < -0.39 is 0 Å². The van der Waals surface area contributed by atoms with Crippen molar-refractivity contribution in [1.29, 1.82) is 0 Å². The molecule has 104 valence electrons. The summed E-state index contributed by atoms with van der Waals surface area (Å²) in [5.41, 5.74) is 3.47. The number of hydrogen-bond donors (Lipinski definition) is 1. The van der Waals surface area contributed by atoms with Crippen LogP contribution in [0.5, 0.6) is 0 Å². The van der Waals surface area contributed by atoms with Gasteiger partial charge in [0.15, 0.2) is 0 Å². The second-order valence-electron chi connectivity index (χ2n) is 4.94. The van der Waals surface area contributed by atoms with E-state index in [2.05, 4.69) is 40.3 Å². The van der Waals surface area contributed by atoms with Gasteiger partial charge in [0.25, 0.3) is 0 Å². The van der Waals surface area contributed by atoms with E-state index in [1.165, 1.54) is 11.3 Å². The summed E-state index contributed by atoms with van der Waals surface area (Å²) in [5, 5.41) is 11.1. The molecule has 3 rings (SSSR count). The monoisotopic (exact) mass is 287 g/mol. The van der Waals surface area contributed by atoms with Crippen LogP contribution in [0.25, 0.3) is 10.2 Å². The summed E-state index contributed by atoms with van der Waals surface area (Å²) in [6.45, 7) is 6.27. The number of aryl methyl sites for hydroxylation is 2. The summed E-state index contributed by atoms with van der Waals surface area (Å²) in [5.74, 6) is 0.881. The Morgan fingerprint density at radius 1 is 1.30 bits per heavy atom. The van der Waals surface area contributed by atoms with Crippen LogP contribution < -0.4 is 5.32 Å². The van der Waals surface area contributed by atoms with Crippen molar-refractivity contribution in [2.45, 2.75) is 26.8 Å². The molecule has 0 aromatic carbocycles. The topological polar surface area (TPSA) is 55.6 Å². The molecule has 3 aromatic rings. The third-order valence-corrected chi connectivity index (χ3v) is 4.43. The summed E-state index contributed by atoms with van der Waals surface area (Å²) in [4.78, 5) is 9.65. The maximum absolute atomic E-state index is 4.47. The third-order valence-electron chi connectivity index (χ3n) is 3.61. The first-order valence-corrected chi connectivity index (χ1v) is 7.40. The quantitative estimate of drug-likeness (QED) is 0.803. The standard InChI is InChI=1S/C14H17N5S/c1-8(12-9(2)18-19(4)10(12)3)17-13-11-5-6-20-14(11)16-7-15-13/h5-8H,1-4H3,(H,15,16,17)/t8-/m0/s1. The highest BCUT2D eigenvalue weighted by Crippen LogP contribution is 2.28. The number of nitrogens with one attached hydrogen (secondary N) is 1. The van der Waals surface area contributed by atoms with Gasteiger partial charge >= 0.3 is 0 Å². The molecule has 20 heavy (non-hydrogen) atoms. The van der Waals surface area contributed by atoms with E-state index in [0.717, 1.165) is 21.7 Å². The van der Waals surface area contributed by atoms with Crippen LogP contribution in [0.2, 0.25) is 0 Å². The van der Waals surface area contributed by atoms with Gasteiger partial charge in [-0.15, -0.1) is 11.3 Å². The summed E-state index contributed by atoms with van der Waals surface area (Å²) < 4.78 is 1.92. The molecule has 0 bridgehead atoms. The maximum atomic E-state index is 4.47. The molecular weight excluding hydrogens is 270 g/mol. The van der Waals surface area contributed by atoms with Gasteiger partial charge < -0.3 is 5.32 Å². The van der Waals surface area contributed by atoms with Crippen molar-refractivity contribution in [1.82, 2.24) is 19.7 Å². The summed E-state index contributed by atoms with van der Waals surface area (Å²) >= 11 is 1.63. The Balaban J connectivity index is 1.96. The number of aromatic nitrogens is 4. The maximum Gasteiger partial charge on any atom is 0.138 e. The molecule has 0 aliphatic heterocycles. The van der Waals surface area contributed by atoms with Crippen LogP contribution in [0.3, 0.4) is 0 Å². The predicted molar refractivity (Wildman–Crippen MR) is 82.1 cm³/mol. The van der Waals surface area contributed by atoms with Crippen molar-refractivity contribution in [3.8, 4) is 0 Å². The van der Waals surface area contributed by atoms with Crippen LogP contribution in [0.15, 0.2) is 17.8 Å². The lowest BCUT2D eigenvalue weighted by Gasteiger charge is -2.15. The predicted octanol–water partition coefficient (Wildman–Crippen LogP) is 3.21. The normalized spacial score (nSPS) is 12.8. The van der Waals surface area contributed by atoms with Gasteiger partial charge in [-0.3, -0.25) is 4.68 Å². The summed E-state index contributed by atoms with van der Waals surface area (Å²) in [7, 11) is 1.97. The molecular formula is C14H17N5S. The first kappa shape index (κ1) is 13.1. The molecule has 0 amide bonds. The number of hydrogen-bond acceptors (Lipinski definition) is 5. The van der Waals surface area contributed by atoms with Crippen molar-refractivity contribution < 1.29 is 0 Å². The van der Waals surface area contributed by atoms with E-state index >= 15 is 0 Å². The van der Waals surface area contributed by atoms with Gasteiger partial charge in [-0.05, 0) is 32.2 Å². The zero-order valence-electron chi connectivity index (χ0n) is 12.0. The third kappa shape index (κ3) is 2.06. The van der Waals surface area contributed by atoms with Crippen LogP contribution in [0.4, 0.5) is 5.82 Å². The van der Waals surface area contributed by atoms with Crippen molar-refractivity contribution >= 4 is 27.4 Å². The second-order valence-corrected chi connectivity index (χ2v) is 5.83. The molecule has 3 heterocycles. The van der Waals surface area contributed by atoms with Crippen molar-refractivity contribution in [3.05, 3.63) is 34.7 Å². The number of rotatable bonds is 3. The SMILES string of the molecule is Cc1nn(C)c(C)c1[C@H](C)Nc1ncnc2sccc12. The van der Waals surface area contributed by atoms with E-state index in [0.29, 0.717) is 0 Å². The minimum absolute atomic E-state index is 0.154. The van der Waals surface area contributed by atoms with Gasteiger partial charge in [0.2, 0.25) is 0 Å². The minimum atomic E-state index is 0.154. The van der Waals surface area contributed by atoms with E-state index in [-0.39, 0.29) is 6.04 Å². The van der Waals surface area contributed by atoms with E-state index in [9.17, 15) is 0 Å². The zero-order chi connectivity index (χ0) is 14.3. The second kappa shape index (κ2) is 4.86. The van der Waals surface area contributed by atoms with Gasteiger partial charge in [0.1, 0.15) is 17.0 Å². The fourth-order valence-electron chi connectivity index (χ4n) is 2.60. The molecule has 0 unspecified atom stereocenters. The van der Waals surface area contributed by atoms with Crippen LogP contribution >= 0.6 is 11.3 Å². The Hall–Kier alpha value is -1.95. The lowest BCUT2D eigenvalue weighted by atomic mass is 10.1. The first-order chi connectivity index (χ1) is 9.58. The van der Waals surface area contributed by atoms with Crippen LogP contribution in [-0.4, -0.2) is 19.7 Å². The Morgan fingerprint density at radius 2 is 2.10 bits per heavy atom. The molecule has 3 aromatic heterocycles. The molecule has 0 fully saturated rings. The van der Waals surface area contributed by atoms with Crippen molar-refractivity contribution in [2.75, 3.05) is 5.32 Å². The molecule has 0 spiro atoms. The molecule has 0 radical (unpaired) electrons.